The second kappa shape index (κ2) is 15.7. The molecule has 1 fully saturated rings. The molecule has 0 aromatic heterocycles. The Kier molecular flexibility index (Phi) is 11.8. The van der Waals surface area contributed by atoms with E-state index in [2.05, 4.69) is 55.5 Å². The molecule has 0 amide bonds. The summed E-state index contributed by atoms with van der Waals surface area (Å²) in [7, 11) is 0. The Bertz CT molecular complexity index is 1190. The van der Waals surface area contributed by atoms with Crippen LogP contribution in [0.25, 0.3) is 11.1 Å². The van der Waals surface area contributed by atoms with Crippen molar-refractivity contribution in [3.05, 3.63) is 101 Å². The van der Waals surface area contributed by atoms with E-state index in [1.54, 1.807) is 6.07 Å². The van der Waals surface area contributed by atoms with Crippen LogP contribution in [0, 0.1) is 17.6 Å². The highest BCUT2D eigenvalue weighted by atomic mass is 19.2. The van der Waals surface area contributed by atoms with Gasteiger partial charge in [0, 0.05) is 5.56 Å². The third-order valence-electron chi connectivity index (χ3n) is 8.37. The maximum atomic E-state index is 14.8. The third kappa shape index (κ3) is 8.53. The fourth-order valence-corrected chi connectivity index (χ4v) is 5.76. The van der Waals surface area contributed by atoms with Gasteiger partial charge in [-0.05, 0) is 104 Å². The highest BCUT2D eigenvalue weighted by Gasteiger charge is 2.21. The summed E-state index contributed by atoms with van der Waals surface area (Å²) >= 11 is 0. The van der Waals surface area contributed by atoms with E-state index in [1.165, 1.54) is 74.1 Å². The predicted octanol–water partition coefficient (Wildman–Crippen LogP) is 11.0. The topological polar surface area (TPSA) is 9.23 Å². The first-order chi connectivity index (χ1) is 19.6. The van der Waals surface area contributed by atoms with Crippen molar-refractivity contribution in [2.24, 2.45) is 5.92 Å². The number of hydrogen-bond donors (Lipinski definition) is 0. The van der Waals surface area contributed by atoms with Crippen LogP contribution in [0.2, 0.25) is 0 Å². The van der Waals surface area contributed by atoms with E-state index in [0.717, 1.165) is 25.7 Å². The summed E-state index contributed by atoms with van der Waals surface area (Å²) in [6, 6.07) is 20.4. The van der Waals surface area contributed by atoms with Gasteiger partial charge in [-0.3, -0.25) is 0 Å². The van der Waals surface area contributed by atoms with E-state index in [1.807, 2.05) is 19.1 Å². The van der Waals surface area contributed by atoms with Crippen LogP contribution in [-0.4, -0.2) is 6.61 Å². The van der Waals surface area contributed by atoms with Crippen molar-refractivity contribution in [3.8, 4) is 16.9 Å². The van der Waals surface area contributed by atoms with Gasteiger partial charge in [0.1, 0.15) is 0 Å². The van der Waals surface area contributed by atoms with Gasteiger partial charge in [0.2, 0.25) is 5.82 Å². The van der Waals surface area contributed by atoms with Crippen molar-refractivity contribution in [1.29, 1.82) is 0 Å². The number of rotatable bonds is 14. The Balaban J connectivity index is 1.22. The lowest BCUT2D eigenvalue weighted by molar-refractivity contribution is 0.289. The molecule has 40 heavy (non-hydrogen) atoms. The molecule has 3 aromatic rings. The Morgan fingerprint density at radius 2 is 1.40 bits per heavy atom. The largest absolute Gasteiger partial charge is 0.490 e. The molecule has 0 atom stereocenters. The molecule has 0 unspecified atom stereocenters. The van der Waals surface area contributed by atoms with Crippen LogP contribution in [0.15, 0.2) is 72.8 Å². The molecule has 0 spiro atoms. The summed E-state index contributed by atoms with van der Waals surface area (Å²) in [4.78, 5) is 0. The minimum atomic E-state index is -0.903. The lowest BCUT2D eigenvalue weighted by atomic mass is 9.78. The van der Waals surface area contributed by atoms with Crippen molar-refractivity contribution in [2.75, 3.05) is 6.61 Å². The number of benzene rings is 3. The summed E-state index contributed by atoms with van der Waals surface area (Å²) in [5.74, 6) is -0.561. The van der Waals surface area contributed by atoms with Crippen LogP contribution in [0.5, 0.6) is 5.75 Å². The number of ether oxygens (including phenoxy) is 1. The number of allylic oxidation sites excluding steroid dienone is 2. The highest BCUT2D eigenvalue weighted by molar-refractivity contribution is 5.65. The molecule has 0 bridgehead atoms. The van der Waals surface area contributed by atoms with Crippen molar-refractivity contribution < 1.29 is 13.5 Å². The van der Waals surface area contributed by atoms with Crippen LogP contribution in [0.3, 0.4) is 0 Å². The highest BCUT2D eigenvalue weighted by Crippen LogP contribution is 2.37. The van der Waals surface area contributed by atoms with Gasteiger partial charge in [0.15, 0.2) is 11.6 Å². The summed E-state index contributed by atoms with van der Waals surface area (Å²) in [5, 5.41) is 0. The first-order valence-electron chi connectivity index (χ1n) is 15.5. The van der Waals surface area contributed by atoms with E-state index in [4.69, 9.17) is 4.74 Å². The van der Waals surface area contributed by atoms with Gasteiger partial charge < -0.3 is 4.74 Å². The lowest BCUT2D eigenvalue weighted by Gasteiger charge is -2.27. The molecule has 0 N–H and O–H groups in total. The van der Waals surface area contributed by atoms with Gasteiger partial charge >= 0.3 is 0 Å². The molecule has 1 saturated carbocycles. The second-order valence-electron chi connectivity index (χ2n) is 11.4. The first-order valence-corrected chi connectivity index (χ1v) is 15.5. The summed E-state index contributed by atoms with van der Waals surface area (Å²) < 4.78 is 34.7. The molecule has 1 nitrogen and oxygen atoms in total. The SMILES string of the molecule is CCCCCc1ccc(CCC=CC2CCC(c3ccc(-c4ccc(OCCCC)c(F)c4F)cc3)CC2)cc1. The van der Waals surface area contributed by atoms with Crippen LogP contribution in [-0.2, 0) is 12.8 Å². The molecular formula is C37H46F2O. The molecule has 3 heteroatoms. The van der Waals surface area contributed by atoms with Gasteiger partial charge in [-0.15, -0.1) is 0 Å². The molecular weight excluding hydrogens is 498 g/mol. The summed E-state index contributed by atoms with van der Waals surface area (Å²) in [6.07, 6.45) is 18.6. The molecule has 4 rings (SSSR count). The zero-order chi connectivity index (χ0) is 28.2. The smallest absolute Gasteiger partial charge is 0.201 e. The number of halogens is 2. The van der Waals surface area contributed by atoms with Crippen molar-refractivity contribution >= 4 is 0 Å². The average Bonchev–Trinajstić information content (AvgIpc) is 2.99. The predicted molar refractivity (Wildman–Crippen MR) is 164 cm³/mol. The Hall–Kier alpha value is -2.94. The maximum Gasteiger partial charge on any atom is 0.201 e. The zero-order valence-corrected chi connectivity index (χ0v) is 24.4. The van der Waals surface area contributed by atoms with E-state index in [0.29, 0.717) is 24.0 Å². The molecule has 1 aliphatic rings. The molecule has 0 radical (unpaired) electrons. The second-order valence-corrected chi connectivity index (χ2v) is 11.4. The Labute approximate surface area is 240 Å². The van der Waals surface area contributed by atoms with E-state index in [9.17, 15) is 8.78 Å². The molecule has 214 valence electrons. The zero-order valence-electron chi connectivity index (χ0n) is 24.4. The molecule has 1 aliphatic carbocycles. The lowest BCUT2D eigenvalue weighted by Crippen LogP contribution is -2.11. The van der Waals surface area contributed by atoms with Crippen molar-refractivity contribution in [2.45, 2.75) is 96.8 Å². The molecule has 0 aliphatic heterocycles. The van der Waals surface area contributed by atoms with Crippen LogP contribution in [0.1, 0.15) is 101 Å². The first kappa shape index (κ1) is 30.0. The van der Waals surface area contributed by atoms with E-state index < -0.39 is 11.6 Å². The van der Waals surface area contributed by atoms with Crippen molar-refractivity contribution in [1.82, 2.24) is 0 Å². The van der Waals surface area contributed by atoms with Gasteiger partial charge in [-0.25, -0.2) is 4.39 Å². The average molecular weight is 545 g/mol. The minimum Gasteiger partial charge on any atom is -0.490 e. The van der Waals surface area contributed by atoms with Crippen LogP contribution < -0.4 is 4.74 Å². The summed E-state index contributed by atoms with van der Waals surface area (Å²) in [5.41, 5.74) is 5.16. The van der Waals surface area contributed by atoms with Gasteiger partial charge in [0.05, 0.1) is 6.61 Å². The monoisotopic (exact) mass is 544 g/mol. The minimum absolute atomic E-state index is 0.0102. The van der Waals surface area contributed by atoms with Gasteiger partial charge in [0.25, 0.3) is 0 Å². The fraction of sp³-hybridized carbons (Fsp3) is 0.459. The third-order valence-corrected chi connectivity index (χ3v) is 8.37. The van der Waals surface area contributed by atoms with Gasteiger partial charge in [-0.1, -0.05) is 93.8 Å². The standard InChI is InChI=1S/C37H46F2O/c1-3-5-7-10-28-13-15-29(16-14-28)11-8-9-12-30-17-19-31(20-18-30)32-21-23-33(24-22-32)34-25-26-35(37(39)36(34)38)40-27-6-4-2/h9,12-16,21-26,30-31H,3-8,10-11,17-20,27H2,1-2H3. The van der Waals surface area contributed by atoms with Crippen LogP contribution >= 0.6 is 0 Å². The molecule has 0 saturated heterocycles. The number of unbranched alkanes of at least 4 members (excludes halogenated alkanes) is 3. The van der Waals surface area contributed by atoms with E-state index in [-0.39, 0.29) is 11.3 Å². The summed E-state index contributed by atoms with van der Waals surface area (Å²) in [6.45, 7) is 4.68. The molecule has 0 heterocycles. The fourth-order valence-electron chi connectivity index (χ4n) is 5.76. The Morgan fingerprint density at radius 3 is 2.08 bits per heavy atom. The quantitative estimate of drug-likeness (QED) is 0.145. The normalized spacial score (nSPS) is 17.4. The number of aryl methyl sites for hydroxylation is 2. The van der Waals surface area contributed by atoms with E-state index >= 15 is 0 Å². The van der Waals surface area contributed by atoms with Crippen molar-refractivity contribution in [3.63, 3.8) is 0 Å². The number of hydrogen-bond acceptors (Lipinski definition) is 1. The van der Waals surface area contributed by atoms with Gasteiger partial charge in [-0.2, -0.15) is 4.39 Å². The maximum absolute atomic E-state index is 14.8. The van der Waals surface area contributed by atoms with Crippen LogP contribution in [0.4, 0.5) is 8.78 Å². The molecule has 3 aromatic carbocycles. The Morgan fingerprint density at radius 1 is 0.725 bits per heavy atom.